The molecule has 8 nitrogen and oxygen atoms in total. The van der Waals surface area contributed by atoms with E-state index in [9.17, 15) is 0 Å². The summed E-state index contributed by atoms with van der Waals surface area (Å²) >= 11 is 0. The van der Waals surface area contributed by atoms with Crippen LogP contribution in [0.5, 0.6) is 0 Å². The molecule has 2 aliphatic heterocycles. The summed E-state index contributed by atoms with van der Waals surface area (Å²) in [6, 6.07) is 5.56. The van der Waals surface area contributed by atoms with Crippen LogP contribution in [0.25, 0.3) is 22.3 Å². The summed E-state index contributed by atoms with van der Waals surface area (Å²) in [4.78, 5) is 19.0. The number of pyridine rings is 1. The first kappa shape index (κ1) is 19.2. The quantitative estimate of drug-likeness (QED) is 0.691. The lowest BCUT2D eigenvalue weighted by molar-refractivity contribution is 0.408. The summed E-state index contributed by atoms with van der Waals surface area (Å²) in [6.07, 6.45) is 7.39. The Kier molecular flexibility index (Phi) is 5.02. The number of rotatable bonds is 3. The van der Waals surface area contributed by atoms with E-state index in [1.54, 1.807) is 0 Å². The van der Waals surface area contributed by atoms with E-state index in [2.05, 4.69) is 63.2 Å². The lowest BCUT2D eigenvalue weighted by Gasteiger charge is -2.39. The van der Waals surface area contributed by atoms with Crippen molar-refractivity contribution in [3.63, 3.8) is 0 Å². The Balaban J connectivity index is 1.46. The Labute approximate surface area is 177 Å². The molecule has 0 aliphatic carbocycles. The minimum Gasteiger partial charge on any atom is -0.354 e. The summed E-state index contributed by atoms with van der Waals surface area (Å²) < 4.78 is 0. The molecule has 0 aromatic carbocycles. The van der Waals surface area contributed by atoms with Gasteiger partial charge in [-0.25, -0.2) is 15.0 Å². The van der Waals surface area contributed by atoms with Crippen LogP contribution >= 0.6 is 0 Å². The second kappa shape index (κ2) is 7.83. The molecule has 2 N–H and O–H groups in total. The van der Waals surface area contributed by atoms with Crippen LogP contribution in [0.1, 0.15) is 40.0 Å². The van der Waals surface area contributed by atoms with Gasteiger partial charge in [-0.15, -0.1) is 0 Å². The number of anilines is 2. The van der Waals surface area contributed by atoms with E-state index in [4.69, 9.17) is 9.97 Å². The number of hydrogen-bond donors (Lipinski definition) is 2. The average Bonchev–Trinajstić information content (AvgIpc) is 3.17. The molecule has 158 valence electrons. The first-order valence-corrected chi connectivity index (χ1v) is 11.0. The van der Waals surface area contributed by atoms with Gasteiger partial charge in [0.25, 0.3) is 0 Å². The van der Waals surface area contributed by atoms with Crippen LogP contribution in [0, 0.1) is 0 Å². The van der Waals surface area contributed by atoms with Crippen molar-refractivity contribution in [2.24, 2.45) is 0 Å². The molecular weight excluding hydrogens is 376 g/mol. The van der Waals surface area contributed by atoms with Gasteiger partial charge < -0.3 is 15.1 Å². The molecule has 0 amide bonds. The predicted molar refractivity (Wildman–Crippen MR) is 120 cm³/mol. The fourth-order valence-electron chi connectivity index (χ4n) is 4.80. The lowest BCUT2D eigenvalue weighted by atomic mass is 9.98. The summed E-state index contributed by atoms with van der Waals surface area (Å²) in [5.74, 6) is 1.81. The van der Waals surface area contributed by atoms with E-state index in [0.29, 0.717) is 18.1 Å². The Morgan fingerprint density at radius 1 is 1.03 bits per heavy atom. The fraction of sp³-hybridized carbons (Fsp3) is 0.545. The normalized spacial score (nSPS) is 25.1. The highest BCUT2D eigenvalue weighted by atomic mass is 15.3. The standard InChI is InChI=1S/C22H30N8/c1-14-13-29(10-9-23-14)19-8-7-17(11-24-19)20-21-18(27-28-20)12-25-22(26-21)30-15(2)5-4-6-16(30)3/h7-8,11-12,14-16,23H,4-6,9-10,13H2,1-3H3,(H,27,28)/t14?,15-,16+. The number of nitrogens with one attached hydrogen (secondary N) is 2. The fourth-order valence-corrected chi connectivity index (χ4v) is 4.80. The van der Waals surface area contributed by atoms with E-state index >= 15 is 0 Å². The molecule has 30 heavy (non-hydrogen) atoms. The first-order valence-electron chi connectivity index (χ1n) is 11.0. The topological polar surface area (TPSA) is 85.9 Å². The summed E-state index contributed by atoms with van der Waals surface area (Å²) in [5, 5.41) is 11.1. The zero-order chi connectivity index (χ0) is 20.7. The van der Waals surface area contributed by atoms with E-state index in [-0.39, 0.29) is 0 Å². The third-order valence-corrected chi connectivity index (χ3v) is 6.43. The van der Waals surface area contributed by atoms with Gasteiger partial charge in [0, 0.05) is 49.5 Å². The Hall–Kier alpha value is -2.74. The average molecular weight is 407 g/mol. The third kappa shape index (κ3) is 3.49. The summed E-state index contributed by atoms with van der Waals surface area (Å²) in [7, 11) is 0. The van der Waals surface area contributed by atoms with Crippen molar-refractivity contribution in [3.05, 3.63) is 24.5 Å². The maximum atomic E-state index is 4.93. The number of hydrogen-bond acceptors (Lipinski definition) is 7. The van der Waals surface area contributed by atoms with E-state index in [1.165, 1.54) is 19.3 Å². The van der Waals surface area contributed by atoms with Crippen molar-refractivity contribution in [3.8, 4) is 11.3 Å². The Morgan fingerprint density at radius 2 is 1.87 bits per heavy atom. The lowest BCUT2D eigenvalue weighted by Crippen LogP contribution is -2.49. The monoisotopic (exact) mass is 406 g/mol. The number of H-pyrrole nitrogens is 1. The molecule has 3 aromatic rings. The van der Waals surface area contributed by atoms with Gasteiger partial charge in [0.2, 0.25) is 5.95 Å². The number of aromatic nitrogens is 5. The number of aromatic amines is 1. The molecular formula is C22H30N8. The van der Waals surface area contributed by atoms with E-state index < -0.39 is 0 Å². The minimum absolute atomic E-state index is 0.448. The van der Waals surface area contributed by atoms with Gasteiger partial charge in [0.05, 0.1) is 6.20 Å². The third-order valence-electron chi connectivity index (χ3n) is 6.43. The number of piperazine rings is 1. The van der Waals surface area contributed by atoms with Gasteiger partial charge in [0.15, 0.2) is 0 Å². The molecule has 1 unspecified atom stereocenters. The molecule has 2 saturated heterocycles. The van der Waals surface area contributed by atoms with Crippen molar-refractivity contribution < 1.29 is 0 Å². The van der Waals surface area contributed by atoms with Crippen LogP contribution in [-0.4, -0.2) is 62.9 Å². The van der Waals surface area contributed by atoms with Crippen molar-refractivity contribution in [1.29, 1.82) is 0 Å². The molecule has 5 heterocycles. The van der Waals surface area contributed by atoms with Crippen LogP contribution in [0.3, 0.4) is 0 Å². The molecule has 0 saturated carbocycles. The summed E-state index contributed by atoms with van der Waals surface area (Å²) in [5.41, 5.74) is 3.51. The second-order valence-corrected chi connectivity index (χ2v) is 8.75. The highest BCUT2D eigenvalue weighted by Gasteiger charge is 2.27. The molecule has 0 spiro atoms. The predicted octanol–water partition coefficient (Wildman–Crippen LogP) is 2.98. The van der Waals surface area contributed by atoms with Crippen LogP contribution < -0.4 is 15.1 Å². The van der Waals surface area contributed by atoms with Crippen LogP contribution in [0.4, 0.5) is 11.8 Å². The number of fused-ring (bicyclic) bond motifs is 1. The van der Waals surface area contributed by atoms with Gasteiger partial charge in [-0.2, -0.15) is 5.10 Å². The Bertz CT molecular complexity index is 1000. The van der Waals surface area contributed by atoms with Crippen molar-refractivity contribution >= 4 is 22.8 Å². The van der Waals surface area contributed by atoms with E-state index in [1.807, 2.05) is 12.4 Å². The van der Waals surface area contributed by atoms with Gasteiger partial charge in [-0.3, -0.25) is 5.10 Å². The van der Waals surface area contributed by atoms with Crippen LogP contribution in [0.2, 0.25) is 0 Å². The van der Waals surface area contributed by atoms with Gasteiger partial charge in [-0.05, 0) is 52.2 Å². The molecule has 0 bridgehead atoms. The van der Waals surface area contributed by atoms with Gasteiger partial charge in [0.1, 0.15) is 22.5 Å². The number of piperidine rings is 1. The molecule has 3 aromatic heterocycles. The van der Waals surface area contributed by atoms with Crippen molar-refractivity contribution in [1.82, 2.24) is 30.5 Å². The number of nitrogens with zero attached hydrogens (tertiary/aromatic N) is 6. The second-order valence-electron chi connectivity index (χ2n) is 8.75. The molecule has 3 atom stereocenters. The zero-order valence-electron chi connectivity index (χ0n) is 18.0. The smallest absolute Gasteiger partial charge is 0.226 e. The molecule has 2 fully saturated rings. The highest BCUT2D eigenvalue weighted by Crippen LogP contribution is 2.30. The van der Waals surface area contributed by atoms with Gasteiger partial charge >= 0.3 is 0 Å². The molecule has 8 heteroatoms. The Morgan fingerprint density at radius 3 is 2.60 bits per heavy atom. The summed E-state index contributed by atoms with van der Waals surface area (Å²) in [6.45, 7) is 9.67. The van der Waals surface area contributed by atoms with E-state index in [0.717, 1.165) is 53.7 Å². The molecule has 0 radical (unpaired) electrons. The maximum Gasteiger partial charge on any atom is 0.226 e. The van der Waals surface area contributed by atoms with Crippen molar-refractivity contribution in [2.45, 2.75) is 58.2 Å². The highest BCUT2D eigenvalue weighted by molar-refractivity contribution is 5.89. The van der Waals surface area contributed by atoms with Crippen molar-refractivity contribution in [2.75, 3.05) is 29.4 Å². The largest absolute Gasteiger partial charge is 0.354 e. The zero-order valence-corrected chi connectivity index (χ0v) is 18.0. The first-order chi connectivity index (χ1) is 14.6. The SMILES string of the molecule is CC1CN(c2ccc(-c3n[nH]c4cnc(N5[C@H](C)CCC[C@@H]5C)nc34)cn2)CCN1. The van der Waals surface area contributed by atoms with Crippen LogP contribution in [0.15, 0.2) is 24.5 Å². The van der Waals surface area contributed by atoms with Gasteiger partial charge in [-0.1, -0.05) is 0 Å². The van der Waals surface area contributed by atoms with Crippen LogP contribution in [-0.2, 0) is 0 Å². The maximum absolute atomic E-state index is 4.93. The minimum atomic E-state index is 0.448. The molecule has 5 rings (SSSR count). The molecule has 2 aliphatic rings.